The maximum Gasteiger partial charge on any atom is 1.00 e. The molecule has 0 bridgehead atoms. The van der Waals surface area contributed by atoms with Crippen LogP contribution >= 0.6 is 116 Å². The fourth-order valence-corrected chi connectivity index (χ4v) is 16.9. The molecular weight excluding hydrogens is 1320 g/mol. The van der Waals surface area contributed by atoms with Crippen LogP contribution in [0.2, 0.25) is 10.0 Å². The average molecular weight is 1350 g/mol. The third-order valence-corrected chi connectivity index (χ3v) is 21.2. The Balaban J connectivity index is 0.000000235. The number of nitrogens with two attached hydrogens (primary N) is 2. The van der Waals surface area contributed by atoms with Crippen molar-refractivity contribution in [2.75, 3.05) is 34.5 Å². The summed E-state index contributed by atoms with van der Waals surface area (Å²) in [6.45, 7) is 0. The van der Waals surface area contributed by atoms with Gasteiger partial charge in [-0.2, -0.15) is 0 Å². The van der Waals surface area contributed by atoms with E-state index in [0.717, 1.165) is 56.0 Å². The van der Waals surface area contributed by atoms with Crippen molar-refractivity contribution in [1.29, 1.82) is 0 Å². The molecule has 0 saturated carbocycles. The minimum atomic E-state index is -1.51. The smallest absolute Gasteiger partial charge is 0.543 e. The summed E-state index contributed by atoms with van der Waals surface area (Å²) in [5, 5.41) is 72.5. The molecule has 8 N–H and O–H groups in total. The third-order valence-electron chi connectivity index (χ3n) is 11.9. The minimum Gasteiger partial charge on any atom is -0.543 e. The molecule has 4 aliphatic heterocycles. The fourth-order valence-electron chi connectivity index (χ4n) is 8.15. The van der Waals surface area contributed by atoms with Crippen LogP contribution in [0.3, 0.4) is 0 Å². The second-order valence-electron chi connectivity index (χ2n) is 17.1. The molecule has 0 radical (unpaired) electrons. The zero-order valence-corrected chi connectivity index (χ0v) is 55.5. The van der Waals surface area contributed by atoms with Crippen LogP contribution in [-0.4, -0.2) is 164 Å². The van der Waals surface area contributed by atoms with E-state index in [1.54, 1.807) is 24.9 Å². The van der Waals surface area contributed by atoms with Crippen molar-refractivity contribution in [1.82, 2.24) is 70.8 Å². The number of fused-ring (bicyclic) bond motifs is 2. The number of carboxylic acid groups (broad SMARTS) is 4. The van der Waals surface area contributed by atoms with Gasteiger partial charge in [-0.25, -0.2) is 28.9 Å². The van der Waals surface area contributed by atoms with Crippen LogP contribution in [0.25, 0.3) is 0 Å². The Morgan fingerprint density at radius 3 is 1.37 bits per heavy atom. The zero-order valence-electron chi connectivity index (χ0n) is 43.4. The number of carboxylic acids is 4. The first-order chi connectivity index (χ1) is 39.1. The molecule has 0 spiro atoms. The van der Waals surface area contributed by atoms with E-state index in [1.807, 2.05) is 0 Å². The van der Waals surface area contributed by atoms with Crippen LogP contribution in [0.5, 0.6) is 0 Å². The average Bonchev–Trinajstić information content (AvgIpc) is 4.32. The predicted octanol–water partition coefficient (Wildman–Crippen LogP) is -4.73. The van der Waals surface area contributed by atoms with Crippen molar-refractivity contribution in [3.8, 4) is 0 Å². The van der Waals surface area contributed by atoms with E-state index in [-0.39, 0.29) is 146 Å². The standard InChI is InChI=1S/2C22H19ClN8O6S4.2Na/c2*1-30-22(27-28-29-30)40-6-8-5-38-18-13(17(33)31(18)14(8)20(36)37)26-16(32)15(11-7-39-21(24)25-11)41-12-4-9(23)2-3-10(12)19(34)35;;/h2*2-4,7,13,15,18H,5-6H2,1H3,(H2,24,25)(H,26,32)(H,34,35)(H,36,37);;/q;;2*+1/p-2/t2*13?,15?,18-;;/m11../s1. The maximum absolute atomic E-state index is 13.6. The van der Waals surface area contributed by atoms with Gasteiger partial charge in [0.2, 0.25) is 22.1 Å². The van der Waals surface area contributed by atoms with Crippen molar-refractivity contribution < 1.29 is 118 Å². The summed E-state index contributed by atoms with van der Waals surface area (Å²) >= 11 is 21.2. The molecule has 10 rings (SSSR count). The molecule has 2 saturated heterocycles. The summed E-state index contributed by atoms with van der Waals surface area (Å²) < 4.78 is 2.88. The van der Waals surface area contributed by atoms with E-state index in [4.69, 9.17) is 34.7 Å². The van der Waals surface area contributed by atoms with Crippen LogP contribution in [0.15, 0.2) is 89.8 Å². The molecule has 28 nitrogen and oxygen atoms in total. The molecule has 2 fully saturated rings. The molecule has 4 unspecified atom stereocenters. The Morgan fingerprint density at radius 2 is 1.06 bits per heavy atom. The number of tetrazole rings is 2. The summed E-state index contributed by atoms with van der Waals surface area (Å²) in [5.41, 5.74) is 12.4. The normalized spacial score (nSPS) is 18.5. The number of carbonyl (C=O) groups excluding carboxylic acids is 6. The van der Waals surface area contributed by atoms with Gasteiger partial charge in [-0.05, 0) is 68.4 Å². The number of nitrogens with zero attached hydrogens (tertiary/aromatic N) is 12. The number of nitrogens with one attached hydrogen (secondary N) is 2. The Hall–Kier alpha value is -4.64. The molecule has 6 atom stereocenters. The maximum atomic E-state index is 13.6. The van der Waals surface area contributed by atoms with Crippen LogP contribution in [0.4, 0.5) is 10.3 Å². The number of nitrogen functional groups attached to an aromatic ring is 2. The van der Waals surface area contributed by atoms with Crippen molar-refractivity contribution in [2.45, 2.75) is 53.4 Å². The van der Waals surface area contributed by atoms with E-state index in [2.05, 4.69) is 51.7 Å². The first-order valence-corrected chi connectivity index (χ1v) is 31.3. The number of aryl methyl sites for hydroxylation is 2. The van der Waals surface area contributed by atoms with E-state index >= 15 is 0 Å². The number of thiazole rings is 2. The molecule has 2 aromatic carbocycles. The Kier molecular flexibility index (Phi) is 23.0. The molecule has 4 aromatic heterocycles. The number of amides is 4. The number of aromatic carboxylic acids is 2. The van der Waals surface area contributed by atoms with Gasteiger partial charge in [-0.15, -0.1) is 79.9 Å². The van der Waals surface area contributed by atoms with Gasteiger partial charge in [0.15, 0.2) is 10.3 Å². The SMILES string of the molecule is Cn1nnnc1SCC1=C(C(=O)[O-])N2C(=O)C(NC(=O)C(Sc3cc(Cl)ccc3C(=O)O)c3csc(N)n3)[C@H]2SC1.Cn1nnnc1SCC1=C(C(=O)[O-])N2C(=O)C(NC(=O)C(Sc3cc(Cl)ccc3C(=O)O)c3csc(N)n3)[C@H]2SC1.[Na+].[Na+]. The number of thioether (sulfide) groups is 6. The Bertz CT molecular complexity index is 3440. The topological polar surface area (TPSA) is 419 Å². The number of hydrogen-bond donors (Lipinski definition) is 6. The summed E-state index contributed by atoms with van der Waals surface area (Å²) in [5.74, 6) is -6.96. The largest absolute Gasteiger partial charge is 1.00 e. The predicted molar refractivity (Wildman–Crippen MR) is 300 cm³/mol. The van der Waals surface area contributed by atoms with Gasteiger partial charge in [0.1, 0.15) is 33.3 Å². The van der Waals surface area contributed by atoms with Gasteiger partial charge in [0.05, 0.1) is 45.8 Å². The molecule has 6 aromatic rings. The second-order valence-corrected chi connectivity index (χ2v) is 26.2. The van der Waals surface area contributed by atoms with Crippen LogP contribution in [-0.2, 0) is 42.9 Å². The molecule has 428 valence electrons. The number of β-lactam (4-membered cyclic amide) rings is 2. The Labute approximate surface area is 561 Å². The number of carbonyl (C=O) groups is 8. The molecule has 0 aliphatic carbocycles. The van der Waals surface area contributed by atoms with E-state index in [0.29, 0.717) is 21.5 Å². The van der Waals surface area contributed by atoms with Gasteiger partial charge in [-0.3, -0.25) is 29.0 Å². The summed E-state index contributed by atoms with van der Waals surface area (Å²) in [4.78, 5) is 112. The van der Waals surface area contributed by atoms with Crippen molar-refractivity contribution >= 4 is 174 Å². The summed E-state index contributed by atoms with van der Waals surface area (Å²) in [6, 6.07) is 6.28. The van der Waals surface area contributed by atoms with Crippen LogP contribution in [0.1, 0.15) is 42.6 Å². The van der Waals surface area contributed by atoms with Gasteiger partial charge < -0.3 is 52.1 Å². The first kappa shape index (κ1) is 66.9. The van der Waals surface area contributed by atoms with Gasteiger partial charge in [0, 0.05) is 67.7 Å². The molecule has 84 heavy (non-hydrogen) atoms. The van der Waals surface area contributed by atoms with Crippen LogP contribution < -0.4 is 91.4 Å². The minimum absolute atomic E-state index is 0. The number of halogens is 2. The van der Waals surface area contributed by atoms with Crippen molar-refractivity contribution in [3.05, 3.63) is 102 Å². The summed E-state index contributed by atoms with van der Waals surface area (Å²) in [7, 11) is 3.29. The molecule has 4 amide bonds. The van der Waals surface area contributed by atoms with Crippen molar-refractivity contribution in [2.24, 2.45) is 14.1 Å². The van der Waals surface area contributed by atoms with E-state index < -0.39 is 80.8 Å². The van der Waals surface area contributed by atoms with E-state index in [1.165, 1.54) is 92.8 Å². The van der Waals surface area contributed by atoms with Crippen molar-refractivity contribution in [3.63, 3.8) is 0 Å². The second kappa shape index (κ2) is 28.9. The third kappa shape index (κ3) is 14.7. The number of benzene rings is 2. The number of rotatable bonds is 20. The number of anilines is 2. The van der Waals surface area contributed by atoms with E-state index in [9.17, 15) is 58.8 Å². The van der Waals surface area contributed by atoms with Crippen LogP contribution in [0, 0.1) is 0 Å². The first-order valence-electron chi connectivity index (χ1n) is 23.0. The molecule has 4 aliphatic rings. The zero-order chi connectivity index (χ0) is 58.8. The van der Waals surface area contributed by atoms with Gasteiger partial charge in [-0.1, -0.05) is 46.7 Å². The molecular formula is C44H36Cl2N16Na2O12S8. The summed E-state index contributed by atoms with van der Waals surface area (Å²) in [6.07, 6.45) is 0. The number of hydrogen-bond acceptors (Lipinski definition) is 28. The number of aromatic nitrogens is 10. The molecule has 8 heterocycles. The van der Waals surface area contributed by atoms with Gasteiger partial charge >= 0.3 is 71.1 Å². The number of aliphatic carboxylic acids is 2. The Morgan fingerprint density at radius 1 is 0.679 bits per heavy atom. The quantitative estimate of drug-likeness (QED) is 0.0237. The van der Waals surface area contributed by atoms with Gasteiger partial charge in [0.25, 0.3) is 11.8 Å². The fraction of sp³-hybridized carbons (Fsp3) is 0.273. The molecule has 40 heteroatoms. The monoisotopic (exact) mass is 1350 g/mol.